The maximum Gasteiger partial charge on any atom is 0.243 e. The molecule has 4 heterocycles. The monoisotopic (exact) mass is 479 g/mol. The van der Waals surface area contributed by atoms with Crippen LogP contribution in [0.1, 0.15) is 17.7 Å². The number of hydrogen-bond donors (Lipinski definition) is 2. The second-order valence-corrected chi connectivity index (χ2v) is 10.3. The quantitative estimate of drug-likeness (QED) is 0.572. The van der Waals surface area contributed by atoms with Gasteiger partial charge in [0.25, 0.3) is 0 Å². The molecule has 0 saturated carbocycles. The van der Waals surface area contributed by atoms with Crippen molar-refractivity contribution in [2.45, 2.75) is 24.7 Å². The van der Waals surface area contributed by atoms with Gasteiger partial charge in [-0.1, -0.05) is 6.07 Å². The number of nitrogens with one attached hydrogen (secondary N) is 2. The topological polar surface area (TPSA) is 120 Å². The van der Waals surface area contributed by atoms with Crippen molar-refractivity contribution in [2.75, 3.05) is 41.7 Å². The molecule has 10 nitrogen and oxygen atoms in total. The Hall–Kier alpha value is -3.57. The molecule has 2 N–H and O–H groups in total. The third kappa shape index (κ3) is 4.57. The van der Waals surface area contributed by atoms with Crippen LogP contribution in [-0.2, 0) is 21.2 Å². The van der Waals surface area contributed by atoms with Crippen LogP contribution in [0.15, 0.2) is 53.4 Å². The Labute approximate surface area is 198 Å². The number of benzene rings is 1. The zero-order valence-corrected chi connectivity index (χ0v) is 19.5. The number of hydrogen-bond acceptors (Lipinski definition) is 8. The molecule has 1 fully saturated rings. The first kappa shape index (κ1) is 22.2. The highest BCUT2D eigenvalue weighted by Gasteiger charge is 2.30. The second-order valence-electron chi connectivity index (χ2n) is 8.32. The van der Waals surface area contributed by atoms with Gasteiger partial charge in [0.05, 0.1) is 4.90 Å². The molecule has 0 radical (unpaired) electrons. The minimum atomic E-state index is -3.62. The van der Waals surface area contributed by atoms with Crippen molar-refractivity contribution in [3.05, 3.63) is 59.8 Å². The highest BCUT2D eigenvalue weighted by atomic mass is 32.2. The number of rotatable bonds is 5. The summed E-state index contributed by atoms with van der Waals surface area (Å²) in [7, 11) is -3.62. The number of carbonyl (C=O) groups excluding carboxylic acids is 1. The molecule has 0 spiro atoms. The molecule has 0 atom stereocenters. The number of fused-ring (bicyclic) bond motifs is 1. The van der Waals surface area contributed by atoms with Crippen LogP contribution in [0, 0.1) is 6.92 Å². The van der Waals surface area contributed by atoms with Gasteiger partial charge < -0.3 is 15.5 Å². The summed E-state index contributed by atoms with van der Waals surface area (Å²) in [6, 6.07) is 14.3. The van der Waals surface area contributed by atoms with Crippen LogP contribution in [-0.4, -0.2) is 60.0 Å². The fourth-order valence-electron chi connectivity index (χ4n) is 4.13. The van der Waals surface area contributed by atoms with Crippen LogP contribution in [0.3, 0.4) is 0 Å². The van der Waals surface area contributed by atoms with Crippen LogP contribution in [0.2, 0.25) is 0 Å². The molecule has 11 heteroatoms. The van der Waals surface area contributed by atoms with Crippen LogP contribution in [0.25, 0.3) is 0 Å². The molecule has 5 rings (SSSR count). The van der Waals surface area contributed by atoms with Gasteiger partial charge in [0.2, 0.25) is 15.9 Å². The summed E-state index contributed by atoms with van der Waals surface area (Å²) < 4.78 is 27.9. The molecule has 2 aliphatic heterocycles. The summed E-state index contributed by atoms with van der Waals surface area (Å²) in [5, 5.41) is 14.5. The Morgan fingerprint density at radius 2 is 1.76 bits per heavy atom. The van der Waals surface area contributed by atoms with Crippen molar-refractivity contribution in [2.24, 2.45) is 0 Å². The number of pyridine rings is 1. The van der Waals surface area contributed by atoms with Gasteiger partial charge in [-0.15, -0.1) is 10.2 Å². The van der Waals surface area contributed by atoms with E-state index in [0.29, 0.717) is 62.2 Å². The molecule has 1 saturated heterocycles. The SMILES string of the molecule is Cc1cccc(Nc2ccc(N3CCN(S(=O)(=O)c4ccc5c(c4)CCC(=O)N5)CC3)nn2)n1. The number of aryl methyl sites for hydroxylation is 2. The third-order valence-electron chi connectivity index (χ3n) is 5.97. The summed E-state index contributed by atoms with van der Waals surface area (Å²) >= 11 is 0. The van der Waals surface area contributed by atoms with E-state index in [1.165, 1.54) is 4.31 Å². The van der Waals surface area contributed by atoms with Gasteiger partial charge in [0, 0.05) is 44.0 Å². The van der Waals surface area contributed by atoms with Crippen LogP contribution >= 0.6 is 0 Å². The zero-order chi connectivity index (χ0) is 23.7. The minimum absolute atomic E-state index is 0.0435. The van der Waals surface area contributed by atoms with Crippen molar-refractivity contribution in [1.82, 2.24) is 19.5 Å². The largest absolute Gasteiger partial charge is 0.352 e. The zero-order valence-electron chi connectivity index (χ0n) is 18.7. The van der Waals surface area contributed by atoms with Gasteiger partial charge in [0.15, 0.2) is 11.6 Å². The highest BCUT2D eigenvalue weighted by Crippen LogP contribution is 2.28. The molecular formula is C23H25N7O3S. The number of aromatic nitrogens is 3. The molecule has 34 heavy (non-hydrogen) atoms. The first-order valence-corrected chi connectivity index (χ1v) is 12.5. The number of amides is 1. The molecule has 176 valence electrons. The molecule has 1 amide bonds. The summed E-state index contributed by atoms with van der Waals surface area (Å²) in [6.07, 6.45) is 0.911. The first-order valence-electron chi connectivity index (χ1n) is 11.1. The van der Waals surface area contributed by atoms with Crippen molar-refractivity contribution in [1.29, 1.82) is 0 Å². The van der Waals surface area contributed by atoms with E-state index in [9.17, 15) is 13.2 Å². The van der Waals surface area contributed by atoms with Crippen LogP contribution < -0.4 is 15.5 Å². The van der Waals surface area contributed by atoms with E-state index in [0.717, 1.165) is 11.3 Å². The third-order valence-corrected chi connectivity index (χ3v) is 7.86. The standard InChI is InChI=1S/C23H25N7O3S/c1-16-3-2-4-20(24-16)26-21-8-9-22(28-27-21)29-11-13-30(14-12-29)34(32,33)18-6-7-19-17(15-18)5-10-23(31)25-19/h2-4,6-9,15H,5,10-14H2,1H3,(H,25,31)(H,24,26,27). The minimum Gasteiger partial charge on any atom is -0.352 e. The molecule has 0 aliphatic carbocycles. The highest BCUT2D eigenvalue weighted by molar-refractivity contribution is 7.89. The first-order chi connectivity index (χ1) is 16.4. The predicted molar refractivity (Wildman–Crippen MR) is 129 cm³/mol. The lowest BCUT2D eigenvalue weighted by molar-refractivity contribution is -0.116. The van der Waals surface area contributed by atoms with E-state index in [1.54, 1.807) is 18.2 Å². The second kappa shape index (κ2) is 8.99. The normalized spacial score (nSPS) is 16.6. The number of piperazine rings is 1. The number of sulfonamides is 1. The molecule has 2 aromatic heterocycles. The van der Waals surface area contributed by atoms with E-state index in [2.05, 4.69) is 25.8 Å². The fourth-order valence-corrected chi connectivity index (χ4v) is 5.60. The maximum absolute atomic E-state index is 13.2. The lowest BCUT2D eigenvalue weighted by atomic mass is 10.0. The van der Waals surface area contributed by atoms with E-state index in [4.69, 9.17) is 0 Å². The maximum atomic E-state index is 13.2. The summed E-state index contributed by atoms with van der Waals surface area (Å²) in [5.41, 5.74) is 2.45. The number of anilines is 4. The number of nitrogens with zero attached hydrogens (tertiary/aromatic N) is 5. The average molecular weight is 480 g/mol. The lowest BCUT2D eigenvalue weighted by Gasteiger charge is -2.34. The van der Waals surface area contributed by atoms with Crippen LogP contribution in [0.5, 0.6) is 0 Å². The molecular weight excluding hydrogens is 454 g/mol. The van der Waals surface area contributed by atoms with Crippen molar-refractivity contribution < 1.29 is 13.2 Å². The lowest BCUT2D eigenvalue weighted by Crippen LogP contribution is -2.49. The molecule has 2 aliphatic rings. The smallest absolute Gasteiger partial charge is 0.243 e. The Balaban J connectivity index is 1.22. The Kier molecular flexibility index (Phi) is 5.88. The molecule has 0 bridgehead atoms. The Bertz CT molecular complexity index is 1320. The van der Waals surface area contributed by atoms with Gasteiger partial charge in [-0.2, -0.15) is 4.31 Å². The van der Waals surface area contributed by atoms with Gasteiger partial charge in [0.1, 0.15) is 5.82 Å². The van der Waals surface area contributed by atoms with Gasteiger partial charge in [-0.05, 0) is 61.4 Å². The predicted octanol–water partition coefficient (Wildman–Crippen LogP) is 2.32. The Morgan fingerprint density at radius 3 is 2.50 bits per heavy atom. The van der Waals surface area contributed by atoms with Crippen LogP contribution in [0.4, 0.5) is 23.1 Å². The molecule has 1 aromatic carbocycles. The Morgan fingerprint density at radius 1 is 0.941 bits per heavy atom. The van der Waals surface area contributed by atoms with E-state index in [1.807, 2.05) is 42.2 Å². The fraction of sp³-hybridized carbons (Fsp3) is 0.304. The summed E-state index contributed by atoms with van der Waals surface area (Å²) in [6.45, 7) is 3.66. The van der Waals surface area contributed by atoms with E-state index < -0.39 is 10.0 Å². The summed E-state index contributed by atoms with van der Waals surface area (Å²) in [4.78, 5) is 18.2. The molecule has 3 aromatic rings. The van der Waals surface area contributed by atoms with Crippen molar-refractivity contribution in [3.63, 3.8) is 0 Å². The average Bonchev–Trinajstić information content (AvgIpc) is 2.84. The van der Waals surface area contributed by atoms with Gasteiger partial charge >= 0.3 is 0 Å². The van der Waals surface area contributed by atoms with Crippen molar-refractivity contribution in [3.8, 4) is 0 Å². The number of carbonyl (C=O) groups is 1. The van der Waals surface area contributed by atoms with E-state index in [-0.39, 0.29) is 10.8 Å². The van der Waals surface area contributed by atoms with Gasteiger partial charge in [-0.3, -0.25) is 4.79 Å². The molecule has 0 unspecified atom stereocenters. The van der Waals surface area contributed by atoms with Gasteiger partial charge in [-0.25, -0.2) is 13.4 Å². The van der Waals surface area contributed by atoms with Crippen molar-refractivity contribution >= 4 is 39.1 Å². The van der Waals surface area contributed by atoms with E-state index >= 15 is 0 Å². The summed E-state index contributed by atoms with van der Waals surface area (Å²) in [5.74, 6) is 1.94.